The highest BCUT2D eigenvalue weighted by atomic mass is 16.6. The normalized spacial score (nSPS) is 13.7. The summed E-state index contributed by atoms with van der Waals surface area (Å²) in [5, 5.41) is 22.7. The monoisotopic (exact) mass is 350 g/mol. The van der Waals surface area contributed by atoms with Crippen LogP contribution in [0, 0.1) is 21.4 Å². The molecule has 1 amide bonds. The Morgan fingerprint density at radius 3 is 2.42 bits per heavy atom. The number of rotatable bonds is 4. The minimum absolute atomic E-state index is 0.115. The van der Waals surface area contributed by atoms with Gasteiger partial charge in [0.1, 0.15) is 0 Å². The zero-order chi connectivity index (χ0) is 18.5. The van der Waals surface area contributed by atoms with Crippen LogP contribution in [0.25, 0.3) is 0 Å². The van der Waals surface area contributed by atoms with Crippen LogP contribution in [0.1, 0.15) is 35.2 Å². The lowest BCUT2D eigenvalue weighted by Crippen LogP contribution is -2.31. The number of piperidine rings is 1. The summed E-state index contributed by atoms with van der Waals surface area (Å²) in [5.41, 5.74) is 1.90. The zero-order valence-electron chi connectivity index (χ0n) is 14.1. The second kappa shape index (κ2) is 7.66. The molecule has 0 aliphatic carbocycles. The van der Waals surface area contributed by atoms with Crippen molar-refractivity contribution in [1.29, 1.82) is 5.26 Å². The molecular weight excluding hydrogens is 332 g/mol. The Bertz CT molecular complexity index is 865. The number of nitro benzene ring substituents is 1. The first-order valence-corrected chi connectivity index (χ1v) is 8.43. The topological polar surface area (TPSA) is 99.3 Å². The van der Waals surface area contributed by atoms with E-state index in [0.29, 0.717) is 16.9 Å². The van der Waals surface area contributed by atoms with E-state index in [1.54, 1.807) is 30.3 Å². The molecule has 1 N–H and O–H groups in total. The van der Waals surface area contributed by atoms with Gasteiger partial charge in [-0.3, -0.25) is 14.9 Å². The van der Waals surface area contributed by atoms with Crippen LogP contribution in [0.4, 0.5) is 17.1 Å². The van der Waals surface area contributed by atoms with Crippen molar-refractivity contribution in [3.63, 3.8) is 0 Å². The molecule has 0 aromatic heterocycles. The second-order valence-corrected chi connectivity index (χ2v) is 6.15. The summed E-state index contributed by atoms with van der Waals surface area (Å²) >= 11 is 0. The first-order valence-electron chi connectivity index (χ1n) is 8.43. The number of anilines is 2. The third-order valence-corrected chi connectivity index (χ3v) is 4.40. The molecule has 0 bridgehead atoms. The number of nitriles is 1. The number of carbonyl (C=O) groups excluding carboxylic acids is 1. The molecule has 0 atom stereocenters. The van der Waals surface area contributed by atoms with Gasteiger partial charge < -0.3 is 10.2 Å². The molecule has 0 unspecified atom stereocenters. The highest BCUT2D eigenvalue weighted by molar-refractivity contribution is 6.08. The van der Waals surface area contributed by atoms with Gasteiger partial charge in [-0.25, -0.2) is 0 Å². The Morgan fingerprint density at radius 2 is 1.81 bits per heavy atom. The predicted octanol–water partition coefficient (Wildman–Crippen LogP) is 3.71. The van der Waals surface area contributed by atoms with Gasteiger partial charge in [-0.05, 0) is 49.6 Å². The van der Waals surface area contributed by atoms with Gasteiger partial charge in [-0.15, -0.1) is 0 Å². The van der Waals surface area contributed by atoms with E-state index in [2.05, 4.69) is 10.2 Å². The molecule has 1 fully saturated rings. The fourth-order valence-electron chi connectivity index (χ4n) is 3.06. The molecule has 0 radical (unpaired) electrons. The first-order chi connectivity index (χ1) is 12.6. The lowest BCUT2D eigenvalue weighted by Gasteiger charge is -2.30. The fourth-order valence-corrected chi connectivity index (χ4v) is 3.06. The molecule has 2 aromatic carbocycles. The van der Waals surface area contributed by atoms with Crippen molar-refractivity contribution >= 4 is 23.0 Å². The molecule has 1 heterocycles. The van der Waals surface area contributed by atoms with Crippen LogP contribution in [0.3, 0.4) is 0 Å². The van der Waals surface area contributed by atoms with E-state index in [0.717, 1.165) is 32.4 Å². The third-order valence-electron chi connectivity index (χ3n) is 4.40. The van der Waals surface area contributed by atoms with Crippen molar-refractivity contribution in [3.05, 3.63) is 63.7 Å². The third kappa shape index (κ3) is 3.81. The first kappa shape index (κ1) is 17.4. The number of benzene rings is 2. The van der Waals surface area contributed by atoms with Crippen molar-refractivity contribution in [3.8, 4) is 6.07 Å². The molecule has 2 aromatic rings. The Labute approximate surface area is 151 Å². The van der Waals surface area contributed by atoms with E-state index in [1.165, 1.54) is 12.1 Å². The summed E-state index contributed by atoms with van der Waals surface area (Å²) in [5.74, 6) is -0.404. The number of nitrogens with zero attached hydrogens (tertiary/aromatic N) is 3. The van der Waals surface area contributed by atoms with Crippen molar-refractivity contribution in [1.82, 2.24) is 0 Å². The van der Waals surface area contributed by atoms with Crippen LogP contribution in [0.5, 0.6) is 0 Å². The van der Waals surface area contributed by atoms with Gasteiger partial charge in [0.15, 0.2) is 0 Å². The average Bonchev–Trinajstić information content (AvgIpc) is 2.68. The SMILES string of the molecule is N#Cc1ccc(NC(=O)c2cc([N+](=O)[O-])ccc2N2CCCCC2)cc1. The molecule has 1 aliphatic heterocycles. The van der Waals surface area contributed by atoms with Crippen molar-refractivity contribution in [2.24, 2.45) is 0 Å². The minimum atomic E-state index is -0.502. The van der Waals surface area contributed by atoms with Crippen LogP contribution in [0.15, 0.2) is 42.5 Å². The van der Waals surface area contributed by atoms with Crippen LogP contribution in [0.2, 0.25) is 0 Å². The Hall–Kier alpha value is -3.40. The summed E-state index contributed by atoms with van der Waals surface area (Å²) in [7, 11) is 0. The van der Waals surface area contributed by atoms with E-state index in [-0.39, 0.29) is 11.3 Å². The molecule has 26 heavy (non-hydrogen) atoms. The van der Waals surface area contributed by atoms with Gasteiger partial charge in [-0.1, -0.05) is 0 Å². The van der Waals surface area contributed by atoms with Gasteiger partial charge in [-0.2, -0.15) is 5.26 Å². The molecule has 132 valence electrons. The number of nitro groups is 1. The number of carbonyl (C=O) groups is 1. The Kier molecular flexibility index (Phi) is 5.13. The Morgan fingerprint density at radius 1 is 1.12 bits per heavy atom. The molecule has 1 saturated heterocycles. The highest BCUT2D eigenvalue weighted by Crippen LogP contribution is 2.28. The number of non-ortho nitro benzene ring substituents is 1. The maximum Gasteiger partial charge on any atom is 0.270 e. The highest BCUT2D eigenvalue weighted by Gasteiger charge is 2.22. The molecular formula is C19H18N4O3. The van der Waals surface area contributed by atoms with E-state index < -0.39 is 10.8 Å². The molecule has 7 nitrogen and oxygen atoms in total. The van der Waals surface area contributed by atoms with Crippen molar-refractivity contribution in [2.45, 2.75) is 19.3 Å². The van der Waals surface area contributed by atoms with Crippen LogP contribution < -0.4 is 10.2 Å². The van der Waals surface area contributed by atoms with E-state index in [9.17, 15) is 14.9 Å². The summed E-state index contributed by atoms with van der Waals surface area (Å²) in [4.78, 5) is 25.5. The van der Waals surface area contributed by atoms with E-state index >= 15 is 0 Å². The second-order valence-electron chi connectivity index (χ2n) is 6.15. The summed E-state index contributed by atoms with van der Waals surface area (Å²) < 4.78 is 0. The molecule has 3 rings (SSSR count). The summed E-state index contributed by atoms with van der Waals surface area (Å²) in [6.07, 6.45) is 3.22. The van der Waals surface area contributed by atoms with Gasteiger partial charge >= 0.3 is 0 Å². The lowest BCUT2D eigenvalue weighted by molar-refractivity contribution is -0.384. The smallest absolute Gasteiger partial charge is 0.270 e. The number of nitrogens with one attached hydrogen (secondary N) is 1. The largest absolute Gasteiger partial charge is 0.371 e. The maximum absolute atomic E-state index is 12.8. The van der Waals surface area contributed by atoms with Gasteiger partial charge in [0, 0.05) is 30.9 Å². The fraction of sp³-hybridized carbons (Fsp3) is 0.263. The van der Waals surface area contributed by atoms with E-state index in [4.69, 9.17) is 5.26 Å². The van der Waals surface area contributed by atoms with Crippen molar-refractivity contribution in [2.75, 3.05) is 23.3 Å². The lowest BCUT2D eigenvalue weighted by atomic mass is 10.1. The standard InChI is InChI=1S/C19H18N4O3/c20-13-14-4-6-15(7-5-14)21-19(24)17-12-16(23(25)26)8-9-18(17)22-10-2-1-3-11-22/h4-9,12H,1-3,10-11H2,(H,21,24). The predicted molar refractivity (Wildman–Crippen MR) is 98.3 cm³/mol. The quantitative estimate of drug-likeness (QED) is 0.669. The maximum atomic E-state index is 12.8. The van der Waals surface area contributed by atoms with Gasteiger partial charge in [0.25, 0.3) is 11.6 Å². The van der Waals surface area contributed by atoms with Gasteiger partial charge in [0.05, 0.1) is 27.8 Å². The number of amides is 1. The van der Waals surface area contributed by atoms with Crippen LogP contribution in [-0.4, -0.2) is 23.9 Å². The number of hydrogen-bond acceptors (Lipinski definition) is 5. The summed E-state index contributed by atoms with van der Waals surface area (Å²) in [6.45, 7) is 1.66. The van der Waals surface area contributed by atoms with E-state index in [1.807, 2.05) is 6.07 Å². The van der Waals surface area contributed by atoms with Crippen molar-refractivity contribution < 1.29 is 9.72 Å². The minimum Gasteiger partial charge on any atom is -0.371 e. The average molecular weight is 350 g/mol. The number of hydrogen-bond donors (Lipinski definition) is 1. The zero-order valence-corrected chi connectivity index (χ0v) is 14.1. The Balaban J connectivity index is 1.91. The van der Waals surface area contributed by atoms with Gasteiger partial charge in [0.2, 0.25) is 0 Å². The molecule has 7 heteroatoms. The molecule has 0 saturated carbocycles. The van der Waals surface area contributed by atoms with Crippen LogP contribution >= 0.6 is 0 Å². The summed E-state index contributed by atoms with van der Waals surface area (Å²) in [6, 6.07) is 12.9. The molecule has 1 aliphatic rings. The van der Waals surface area contributed by atoms with Crippen LogP contribution in [-0.2, 0) is 0 Å². The molecule has 0 spiro atoms.